The van der Waals surface area contributed by atoms with Crippen molar-refractivity contribution < 1.29 is 19.1 Å². The van der Waals surface area contributed by atoms with E-state index in [1.165, 1.54) is 13.2 Å². The van der Waals surface area contributed by atoms with E-state index in [4.69, 9.17) is 4.74 Å². The van der Waals surface area contributed by atoms with E-state index < -0.39 is 12.0 Å². The summed E-state index contributed by atoms with van der Waals surface area (Å²) in [7, 11) is 1.30. The number of hydrogen-bond acceptors (Lipinski definition) is 4. The first-order chi connectivity index (χ1) is 13.0. The maximum Gasteiger partial charge on any atom is 0.337 e. The van der Waals surface area contributed by atoms with Gasteiger partial charge in [-0.15, -0.1) is 0 Å². The number of hydrogen-bond donors (Lipinski definition) is 2. The third-order valence-corrected chi connectivity index (χ3v) is 4.37. The van der Waals surface area contributed by atoms with Crippen molar-refractivity contribution in [2.75, 3.05) is 12.4 Å². The van der Waals surface area contributed by atoms with Gasteiger partial charge in [-0.25, -0.2) is 4.79 Å². The molecule has 27 heavy (non-hydrogen) atoms. The molecule has 0 aliphatic rings. The molecule has 2 rings (SSSR count). The topological polar surface area (TPSA) is 84.5 Å². The molecule has 6 heteroatoms. The number of methoxy groups -OCH3 is 1. The minimum atomic E-state index is -0.704. The molecule has 2 unspecified atom stereocenters. The monoisotopic (exact) mass is 368 g/mol. The van der Waals surface area contributed by atoms with Gasteiger partial charge in [-0.3, -0.25) is 9.59 Å². The van der Waals surface area contributed by atoms with Crippen molar-refractivity contribution in [1.29, 1.82) is 0 Å². The Kier molecular flexibility index (Phi) is 7.11. The molecule has 0 heterocycles. The maximum absolute atomic E-state index is 12.8. The van der Waals surface area contributed by atoms with E-state index in [2.05, 4.69) is 10.6 Å². The van der Waals surface area contributed by atoms with Crippen LogP contribution in [0.2, 0.25) is 0 Å². The van der Waals surface area contributed by atoms with Gasteiger partial charge in [-0.05, 0) is 36.2 Å². The van der Waals surface area contributed by atoms with Gasteiger partial charge in [0.05, 0.1) is 12.7 Å². The molecule has 142 valence electrons. The SMILES string of the molecule is CCC(C)C(NC(=O)c1ccccc1)C(=O)Nc1cccc(C(=O)OC)c1. The summed E-state index contributed by atoms with van der Waals surface area (Å²) in [5, 5.41) is 5.58. The molecule has 0 aromatic heterocycles. The van der Waals surface area contributed by atoms with E-state index >= 15 is 0 Å². The van der Waals surface area contributed by atoms with Crippen molar-refractivity contribution in [3.8, 4) is 0 Å². The molecule has 6 nitrogen and oxygen atoms in total. The minimum Gasteiger partial charge on any atom is -0.465 e. The van der Waals surface area contributed by atoms with E-state index in [1.807, 2.05) is 19.9 Å². The lowest BCUT2D eigenvalue weighted by Gasteiger charge is -2.23. The smallest absolute Gasteiger partial charge is 0.337 e. The molecule has 2 atom stereocenters. The van der Waals surface area contributed by atoms with E-state index in [-0.39, 0.29) is 17.7 Å². The molecule has 0 fully saturated rings. The number of anilines is 1. The average Bonchev–Trinajstić information content (AvgIpc) is 2.71. The van der Waals surface area contributed by atoms with Gasteiger partial charge in [0, 0.05) is 11.3 Å². The fourth-order valence-electron chi connectivity index (χ4n) is 2.58. The third-order valence-electron chi connectivity index (χ3n) is 4.37. The lowest BCUT2D eigenvalue weighted by molar-refractivity contribution is -0.119. The zero-order valence-corrected chi connectivity index (χ0v) is 15.7. The number of nitrogens with one attached hydrogen (secondary N) is 2. The van der Waals surface area contributed by atoms with Crippen LogP contribution in [-0.2, 0) is 9.53 Å². The minimum absolute atomic E-state index is 0.0681. The first-order valence-corrected chi connectivity index (χ1v) is 8.81. The van der Waals surface area contributed by atoms with E-state index in [9.17, 15) is 14.4 Å². The van der Waals surface area contributed by atoms with Gasteiger partial charge in [0.2, 0.25) is 5.91 Å². The number of benzene rings is 2. The van der Waals surface area contributed by atoms with Crippen LogP contribution in [-0.4, -0.2) is 30.9 Å². The summed E-state index contributed by atoms with van der Waals surface area (Å²) in [6.45, 7) is 3.86. The van der Waals surface area contributed by atoms with Crippen molar-refractivity contribution in [2.24, 2.45) is 5.92 Å². The quantitative estimate of drug-likeness (QED) is 0.735. The summed E-state index contributed by atoms with van der Waals surface area (Å²) in [5.74, 6) is -1.20. The molecule has 0 aliphatic heterocycles. The number of amides is 2. The van der Waals surface area contributed by atoms with Gasteiger partial charge in [0.15, 0.2) is 0 Å². The second-order valence-electron chi connectivity index (χ2n) is 6.26. The Balaban J connectivity index is 2.15. The Bertz CT molecular complexity index is 805. The highest BCUT2D eigenvalue weighted by atomic mass is 16.5. The van der Waals surface area contributed by atoms with E-state index in [0.717, 1.165) is 6.42 Å². The van der Waals surface area contributed by atoms with Crippen molar-refractivity contribution in [3.63, 3.8) is 0 Å². The zero-order chi connectivity index (χ0) is 19.8. The van der Waals surface area contributed by atoms with Crippen LogP contribution in [0.25, 0.3) is 0 Å². The standard InChI is InChI=1S/C21H24N2O4/c1-4-14(2)18(23-19(24)15-9-6-5-7-10-15)20(25)22-17-12-8-11-16(13-17)21(26)27-3/h5-14,18H,4H2,1-3H3,(H,22,25)(H,23,24). The van der Waals surface area contributed by atoms with E-state index in [0.29, 0.717) is 16.8 Å². The van der Waals surface area contributed by atoms with Crippen LogP contribution >= 0.6 is 0 Å². The molecule has 2 aromatic carbocycles. The molecule has 0 aliphatic carbocycles. The second kappa shape index (κ2) is 9.52. The molecule has 2 amide bonds. The molecular formula is C21H24N2O4. The molecule has 0 radical (unpaired) electrons. The second-order valence-corrected chi connectivity index (χ2v) is 6.26. The van der Waals surface area contributed by atoms with Gasteiger partial charge < -0.3 is 15.4 Å². The predicted molar refractivity (Wildman–Crippen MR) is 104 cm³/mol. The Hall–Kier alpha value is -3.15. The molecule has 2 aromatic rings. The molecule has 2 N–H and O–H groups in total. The summed E-state index contributed by atoms with van der Waals surface area (Å²) in [4.78, 5) is 36.9. The van der Waals surface area contributed by atoms with Crippen molar-refractivity contribution in [2.45, 2.75) is 26.3 Å². The predicted octanol–water partition coefficient (Wildman–Crippen LogP) is 3.26. The lowest BCUT2D eigenvalue weighted by Crippen LogP contribution is -2.47. The van der Waals surface area contributed by atoms with Gasteiger partial charge in [0.25, 0.3) is 5.91 Å². The number of ether oxygens (including phenoxy) is 1. The van der Waals surface area contributed by atoms with E-state index in [1.54, 1.807) is 42.5 Å². The third kappa shape index (κ3) is 5.41. The lowest BCUT2D eigenvalue weighted by atomic mass is 9.97. The van der Waals surface area contributed by atoms with Crippen LogP contribution in [0, 0.1) is 5.92 Å². The Morgan fingerprint density at radius 3 is 2.30 bits per heavy atom. The summed E-state index contributed by atoms with van der Waals surface area (Å²) in [6.07, 6.45) is 0.718. The number of carbonyl (C=O) groups excluding carboxylic acids is 3. The fraction of sp³-hybridized carbons (Fsp3) is 0.286. The molecular weight excluding hydrogens is 344 g/mol. The van der Waals surface area contributed by atoms with Crippen LogP contribution < -0.4 is 10.6 Å². The highest BCUT2D eigenvalue weighted by molar-refractivity contribution is 6.01. The van der Waals surface area contributed by atoms with Gasteiger partial charge in [0.1, 0.15) is 6.04 Å². The fourth-order valence-corrected chi connectivity index (χ4v) is 2.58. The Morgan fingerprint density at radius 2 is 1.67 bits per heavy atom. The van der Waals surface area contributed by atoms with Crippen molar-refractivity contribution >= 4 is 23.5 Å². The Morgan fingerprint density at radius 1 is 1.00 bits per heavy atom. The van der Waals surface area contributed by atoms with Gasteiger partial charge in [-0.2, -0.15) is 0 Å². The van der Waals surface area contributed by atoms with Crippen LogP contribution in [0.5, 0.6) is 0 Å². The highest BCUT2D eigenvalue weighted by Crippen LogP contribution is 2.15. The summed E-state index contributed by atoms with van der Waals surface area (Å²) >= 11 is 0. The van der Waals surface area contributed by atoms with Crippen LogP contribution in [0.1, 0.15) is 41.0 Å². The average molecular weight is 368 g/mol. The largest absolute Gasteiger partial charge is 0.465 e. The summed E-state index contributed by atoms with van der Waals surface area (Å²) < 4.78 is 4.69. The van der Waals surface area contributed by atoms with Gasteiger partial charge in [-0.1, -0.05) is 44.5 Å². The van der Waals surface area contributed by atoms with Crippen LogP contribution in [0.3, 0.4) is 0 Å². The first-order valence-electron chi connectivity index (χ1n) is 8.81. The molecule has 0 saturated carbocycles. The highest BCUT2D eigenvalue weighted by Gasteiger charge is 2.26. The van der Waals surface area contributed by atoms with Gasteiger partial charge >= 0.3 is 5.97 Å². The number of rotatable bonds is 7. The van der Waals surface area contributed by atoms with Crippen LogP contribution in [0.15, 0.2) is 54.6 Å². The molecule has 0 saturated heterocycles. The van der Waals surface area contributed by atoms with Crippen molar-refractivity contribution in [1.82, 2.24) is 5.32 Å². The first kappa shape index (κ1) is 20.2. The normalized spacial score (nSPS) is 12.6. The molecule has 0 bridgehead atoms. The number of carbonyl (C=O) groups is 3. The Labute approximate surface area is 158 Å². The summed E-state index contributed by atoms with van der Waals surface area (Å²) in [6, 6.07) is 14.5. The number of esters is 1. The van der Waals surface area contributed by atoms with Crippen LogP contribution in [0.4, 0.5) is 5.69 Å². The summed E-state index contributed by atoms with van der Waals surface area (Å²) in [5.41, 5.74) is 1.29. The molecule has 0 spiro atoms. The van der Waals surface area contributed by atoms with Crippen molar-refractivity contribution in [3.05, 3.63) is 65.7 Å². The maximum atomic E-state index is 12.8. The zero-order valence-electron chi connectivity index (χ0n) is 15.7.